The zero-order chi connectivity index (χ0) is 18.2. The van der Waals surface area contributed by atoms with E-state index in [9.17, 15) is 4.79 Å². The van der Waals surface area contributed by atoms with Crippen molar-refractivity contribution < 1.29 is 14.3 Å². The lowest BCUT2D eigenvalue weighted by Crippen LogP contribution is -2.38. The first-order chi connectivity index (χ1) is 13.3. The highest BCUT2D eigenvalue weighted by Crippen LogP contribution is 2.34. The average Bonchev–Trinajstić information content (AvgIpc) is 3.33. The monoisotopic (exact) mass is 380 g/mol. The van der Waals surface area contributed by atoms with E-state index in [-0.39, 0.29) is 18.5 Å². The lowest BCUT2D eigenvalue weighted by molar-refractivity contribution is 0.0811. The Morgan fingerprint density at radius 2 is 2.07 bits per heavy atom. The number of benzene rings is 2. The van der Waals surface area contributed by atoms with Crippen molar-refractivity contribution in [1.82, 2.24) is 9.88 Å². The molecule has 0 aliphatic carbocycles. The number of carbonyl (C=O) groups is 1. The third-order valence-corrected chi connectivity index (χ3v) is 6.25. The van der Waals surface area contributed by atoms with Crippen LogP contribution in [-0.4, -0.2) is 35.5 Å². The number of likely N-dealkylation sites (tertiary alicyclic amines) is 1. The highest BCUT2D eigenvalue weighted by molar-refractivity contribution is 7.18. The van der Waals surface area contributed by atoms with Crippen LogP contribution in [0.5, 0.6) is 11.5 Å². The molecule has 3 aromatic rings. The number of hydrogen-bond donors (Lipinski definition) is 0. The first-order valence-electron chi connectivity index (χ1n) is 9.27. The van der Waals surface area contributed by atoms with Gasteiger partial charge in [0.1, 0.15) is 5.01 Å². The normalized spacial score (nSPS) is 19.5. The van der Waals surface area contributed by atoms with Gasteiger partial charge in [-0.25, -0.2) is 4.98 Å². The van der Waals surface area contributed by atoms with Crippen LogP contribution >= 0.6 is 11.3 Å². The van der Waals surface area contributed by atoms with E-state index in [4.69, 9.17) is 14.5 Å². The third kappa shape index (κ3) is 3.31. The number of hydrogen-bond acceptors (Lipinski definition) is 6. The molecule has 1 aromatic heterocycles. The van der Waals surface area contributed by atoms with Crippen molar-refractivity contribution in [2.24, 2.45) is 5.92 Å². The van der Waals surface area contributed by atoms with Gasteiger partial charge in [0.15, 0.2) is 17.3 Å². The van der Waals surface area contributed by atoms with E-state index < -0.39 is 0 Å². The SMILES string of the molecule is O=C(c1ccc2c(c1)OCO2)[C@@H]1CCCN(Cc2nc3ccccc3s2)C1. The summed E-state index contributed by atoms with van der Waals surface area (Å²) in [6, 6.07) is 13.7. The van der Waals surface area contributed by atoms with Gasteiger partial charge in [0.25, 0.3) is 0 Å². The maximum Gasteiger partial charge on any atom is 0.231 e. The fourth-order valence-corrected chi connectivity index (χ4v) is 4.89. The molecule has 2 aliphatic heterocycles. The maximum absolute atomic E-state index is 13.0. The lowest BCUT2D eigenvalue weighted by atomic mass is 9.90. The van der Waals surface area contributed by atoms with Gasteiger partial charge in [0.2, 0.25) is 6.79 Å². The van der Waals surface area contributed by atoms with E-state index >= 15 is 0 Å². The Morgan fingerprint density at radius 1 is 1.19 bits per heavy atom. The van der Waals surface area contributed by atoms with Crippen molar-refractivity contribution >= 4 is 27.3 Å². The Hall–Kier alpha value is -2.44. The second kappa shape index (κ2) is 6.94. The Balaban J connectivity index is 1.29. The number of piperidine rings is 1. The number of aromatic nitrogens is 1. The van der Waals surface area contributed by atoms with Crippen molar-refractivity contribution in [1.29, 1.82) is 0 Å². The van der Waals surface area contributed by atoms with E-state index in [1.807, 2.05) is 30.3 Å². The molecule has 0 radical (unpaired) electrons. The second-order valence-electron chi connectivity index (χ2n) is 7.08. The smallest absolute Gasteiger partial charge is 0.231 e. The van der Waals surface area contributed by atoms with E-state index in [1.54, 1.807) is 11.3 Å². The molecule has 3 heterocycles. The van der Waals surface area contributed by atoms with Crippen LogP contribution < -0.4 is 9.47 Å². The van der Waals surface area contributed by atoms with Gasteiger partial charge in [-0.3, -0.25) is 9.69 Å². The lowest BCUT2D eigenvalue weighted by Gasteiger charge is -2.31. The summed E-state index contributed by atoms with van der Waals surface area (Å²) in [6.07, 6.45) is 1.97. The molecule has 0 amide bonds. The van der Waals surface area contributed by atoms with Gasteiger partial charge in [-0.05, 0) is 49.7 Å². The minimum absolute atomic E-state index is 0.0218. The van der Waals surface area contributed by atoms with Gasteiger partial charge in [0.05, 0.1) is 16.8 Å². The quantitative estimate of drug-likeness (QED) is 0.637. The van der Waals surface area contributed by atoms with Gasteiger partial charge in [0, 0.05) is 18.0 Å². The van der Waals surface area contributed by atoms with Crippen LogP contribution in [0.15, 0.2) is 42.5 Å². The first-order valence-corrected chi connectivity index (χ1v) is 10.1. The molecule has 5 rings (SSSR count). The predicted molar refractivity (Wildman–Crippen MR) is 105 cm³/mol. The minimum Gasteiger partial charge on any atom is -0.454 e. The Morgan fingerprint density at radius 3 is 3.00 bits per heavy atom. The van der Waals surface area contributed by atoms with Gasteiger partial charge >= 0.3 is 0 Å². The van der Waals surface area contributed by atoms with Crippen LogP contribution in [0.3, 0.4) is 0 Å². The van der Waals surface area contributed by atoms with Crippen molar-refractivity contribution in [3.05, 3.63) is 53.0 Å². The molecule has 0 spiro atoms. The number of thiazole rings is 1. The molecule has 1 saturated heterocycles. The number of para-hydroxylation sites is 1. The summed E-state index contributed by atoms with van der Waals surface area (Å²) in [5, 5.41) is 1.12. The molecule has 27 heavy (non-hydrogen) atoms. The van der Waals surface area contributed by atoms with Crippen LogP contribution in [0, 0.1) is 5.92 Å². The van der Waals surface area contributed by atoms with Crippen molar-refractivity contribution in [3.63, 3.8) is 0 Å². The summed E-state index contributed by atoms with van der Waals surface area (Å²) in [4.78, 5) is 20.1. The molecule has 0 saturated carbocycles. The summed E-state index contributed by atoms with van der Waals surface area (Å²) < 4.78 is 12.0. The molecule has 0 unspecified atom stereocenters. The summed E-state index contributed by atoms with van der Waals surface area (Å²) in [5.74, 6) is 1.60. The number of fused-ring (bicyclic) bond motifs is 2. The number of rotatable bonds is 4. The van der Waals surface area contributed by atoms with E-state index in [2.05, 4.69) is 17.0 Å². The third-order valence-electron chi connectivity index (χ3n) is 5.23. The fraction of sp³-hybridized carbons (Fsp3) is 0.333. The van der Waals surface area contributed by atoms with Gasteiger partial charge in [-0.2, -0.15) is 0 Å². The molecular weight excluding hydrogens is 360 g/mol. The van der Waals surface area contributed by atoms with Crippen molar-refractivity contribution in [3.8, 4) is 11.5 Å². The number of carbonyl (C=O) groups excluding carboxylic acids is 1. The molecule has 1 fully saturated rings. The van der Waals surface area contributed by atoms with Gasteiger partial charge < -0.3 is 9.47 Å². The minimum atomic E-state index is 0.0218. The summed E-state index contributed by atoms with van der Waals surface area (Å²) in [7, 11) is 0. The highest BCUT2D eigenvalue weighted by atomic mass is 32.1. The van der Waals surface area contributed by atoms with Crippen LogP contribution in [-0.2, 0) is 6.54 Å². The first kappa shape index (κ1) is 16.7. The maximum atomic E-state index is 13.0. The zero-order valence-corrected chi connectivity index (χ0v) is 15.7. The van der Waals surface area contributed by atoms with Gasteiger partial charge in [-0.15, -0.1) is 11.3 Å². The highest BCUT2D eigenvalue weighted by Gasteiger charge is 2.28. The fourth-order valence-electron chi connectivity index (χ4n) is 3.88. The van der Waals surface area contributed by atoms with E-state index in [0.717, 1.165) is 43.0 Å². The van der Waals surface area contributed by atoms with Crippen LogP contribution in [0.1, 0.15) is 28.2 Å². The molecule has 1 atom stereocenters. The molecule has 0 bridgehead atoms. The number of ether oxygens (including phenoxy) is 2. The van der Waals surface area contributed by atoms with E-state index in [1.165, 1.54) is 4.70 Å². The number of nitrogens with zero attached hydrogens (tertiary/aromatic N) is 2. The molecule has 5 nitrogen and oxygen atoms in total. The van der Waals surface area contributed by atoms with Gasteiger partial charge in [-0.1, -0.05) is 12.1 Å². The summed E-state index contributed by atoms with van der Waals surface area (Å²) >= 11 is 1.74. The Bertz CT molecular complexity index is 967. The predicted octanol–water partition coefficient (Wildman–Crippen LogP) is 4.12. The molecule has 2 aliphatic rings. The standard InChI is InChI=1S/C21H20N2O3S/c24-21(14-7-8-17-18(10-14)26-13-25-17)15-4-3-9-23(11-15)12-20-22-16-5-1-2-6-19(16)27-20/h1-2,5-8,10,15H,3-4,9,11-13H2/t15-/m1/s1. The molecule has 0 N–H and O–H groups in total. The van der Waals surface area contributed by atoms with Crippen LogP contribution in [0.4, 0.5) is 0 Å². The second-order valence-corrected chi connectivity index (χ2v) is 8.20. The van der Waals surface area contributed by atoms with Crippen molar-refractivity contribution in [2.75, 3.05) is 19.9 Å². The number of Topliss-reactive ketones (excluding diaryl/α,β-unsaturated/α-hetero) is 1. The molecule has 2 aromatic carbocycles. The van der Waals surface area contributed by atoms with Crippen molar-refractivity contribution in [2.45, 2.75) is 19.4 Å². The number of ketones is 1. The van der Waals surface area contributed by atoms with Crippen LogP contribution in [0.25, 0.3) is 10.2 Å². The Kier molecular flexibility index (Phi) is 4.30. The summed E-state index contributed by atoms with van der Waals surface area (Å²) in [5.41, 5.74) is 1.77. The van der Waals surface area contributed by atoms with E-state index in [0.29, 0.717) is 17.1 Å². The topological polar surface area (TPSA) is 51.7 Å². The largest absolute Gasteiger partial charge is 0.454 e. The molecule has 138 valence electrons. The molecule has 6 heteroatoms. The molecular formula is C21H20N2O3S. The Labute approximate surface area is 161 Å². The van der Waals surface area contributed by atoms with Crippen LogP contribution in [0.2, 0.25) is 0 Å². The average molecular weight is 380 g/mol. The summed E-state index contributed by atoms with van der Waals surface area (Å²) in [6.45, 7) is 2.83. The zero-order valence-electron chi connectivity index (χ0n) is 14.9.